The number of carboxylic acid groups (broad SMARTS) is 2. The van der Waals surface area contributed by atoms with Crippen LogP contribution in [0.1, 0.15) is 52.4 Å². The number of carbonyl (C=O) groups excluding carboxylic acids is 2. The van der Waals surface area contributed by atoms with Gasteiger partial charge in [0.2, 0.25) is 0 Å². The molecule has 4 nitrogen and oxygen atoms in total. The second kappa shape index (κ2) is 16.0. The molecule has 0 fully saturated rings. The SMILES string of the molecule is CCCCC(=O)[O-].CCCCC(=O)[O-].[Zn+2]. The third-order valence-electron chi connectivity index (χ3n) is 1.47. The molecule has 0 rings (SSSR count). The minimum Gasteiger partial charge on any atom is -0.550 e. The van der Waals surface area contributed by atoms with Crippen LogP contribution in [0.3, 0.4) is 0 Å². The summed E-state index contributed by atoms with van der Waals surface area (Å²) < 4.78 is 0. The zero-order valence-corrected chi connectivity index (χ0v) is 12.5. The van der Waals surface area contributed by atoms with Gasteiger partial charge in [-0.25, -0.2) is 0 Å². The minimum absolute atomic E-state index is 0. The second-order valence-corrected chi connectivity index (χ2v) is 2.95. The number of carboxylic acids is 2. The quantitative estimate of drug-likeness (QED) is 0.627. The van der Waals surface area contributed by atoms with Crippen molar-refractivity contribution in [1.29, 1.82) is 0 Å². The van der Waals surface area contributed by atoms with Gasteiger partial charge in [0.25, 0.3) is 0 Å². The van der Waals surface area contributed by atoms with Crippen molar-refractivity contribution in [2.24, 2.45) is 0 Å². The molecule has 0 saturated heterocycles. The molecule has 0 aromatic heterocycles. The van der Waals surface area contributed by atoms with E-state index in [4.69, 9.17) is 0 Å². The summed E-state index contributed by atoms with van der Waals surface area (Å²) in [4.78, 5) is 19.3. The molecule has 0 aromatic rings. The van der Waals surface area contributed by atoms with Gasteiger partial charge in [-0.15, -0.1) is 0 Å². The Bertz CT molecular complexity index is 142. The van der Waals surface area contributed by atoms with Crippen LogP contribution in [-0.4, -0.2) is 11.9 Å². The summed E-state index contributed by atoms with van der Waals surface area (Å²) in [5.74, 6) is -1.89. The molecule has 5 heteroatoms. The van der Waals surface area contributed by atoms with E-state index < -0.39 is 11.9 Å². The maximum Gasteiger partial charge on any atom is 2.00 e. The van der Waals surface area contributed by atoms with Gasteiger partial charge < -0.3 is 19.8 Å². The van der Waals surface area contributed by atoms with Crippen LogP contribution in [0.15, 0.2) is 0 Å². The molecule has 0 N–H and O–H groups in total. The Kier molecular flexibility index (Phi) is 21.4. The standard InChI is InChI=1S/2C5H10O2.Zn/c2*1-2-3-4-5(6)7;/h2*2-4H2,1H3,(H,6,7);/q;;+2/p-2. The van der Waals surface area contributed by atoms with Gasteiger partial charge in [-0.3, -0.25) is 0 Å². The van der Waals surface area contributed by atoms with Gasteiger partial charge in [-0.2, -0.15) is 0 Å². The summed E-state index contributed by atoms with van der Waals surface area (Å²) in [6.45, 7) is 3.89. The molecular formula is C10H18O4Zn. The molecular weight excluding hydrogens is 249 g/mol. The summed E-state index contributed by atoms with van der Waals surface area (Å²) in [7, 11) is 0. The van der Waals surface area contributed by atoms with Gasteiger partial charge in [-0.05, 0) is 25.7 Å². The van der Waals surface area contributed by atoms with Crippen LogP contribution >= 0.6 is 0 Å². The van der Waals surface area contributed by atoms with Crippen molar-refractivity contribution >= 4 is 11.9 Å². The number of hydrogen-bond donors (Lipinski definition) is 0. The van der Waals surface area contributed by atoms with E-state index in [1.54, 1.807) is 0 Å². The second-order valence-electron chi connectivity index (χ2n) is 2.95. The summed E-state index contributed by atoms with van der Waals surface area (Å²) >= 11 is 0. The molecule has 0 amide bonds. The first-order valence-corrected chi connectivity index (χ1v) is 4.94. The van der Waals surface area contributed by atoms with E-state index >= 15 is 0 Å². The van der Waals surface area contributed by atoms with Crippen LogP contribution in [0.5, 0.6) is 0 Å². The first-order valence-electron chi connectivity index (χ1n) is 4.94. The monoisotopic (exact) mass is 266 g/mol. The number of unbranched alkanes of at least 4 members (excludes halogenated alkanes) is 2. The average molecular weight is 268 g/mol. The van der Waals surface area contributed by atoms with Gasteiger partial charge in [0.05, 0.1) is 0 Å². The predicted octanol–water partition coefficient (Wildman–Crippen LogP) is -0.149. The van der Waals surface area contributed by atoms with Crippen molar-refractivity contribution in [3.63, 3.8) is 0 Å². The van der Waals surface area contributed by atoms with E-state index in [0.717, 1.165) is 25.7 Å². The van der Waals surface area contributed by atoms with Crippen molar-refractivity contribution in [3.8, 4) is 0 Å². The van der Waals surface area contributed by atoms with E-state index in [1.165, 1.54) is 0 Å². The fourth-order valence-electron chi connectivity index (χ4n) is 0.642. The number of carbonyl (C=O) groups is 2. The molecule has 0 spiro atoms. The van der Waals surface area contributed by atoms with Crippen molar-refractivity contribution in [2.45, 2.75) is 52.4 Å². The van der Waals surface area contributed by atoms with E-state index in [9.17, 15) is 19.8 Å². The van der Waals surface area contributed by atoms with Crippen LogP contribution in [0.4, 0.5) is 0 Å². The Morgan fingerprint density at radius 2 is 1.13 bits per heavy atom. The van der Waals surface area contributed by atoms with Crippen LogP contribution < -0.4 is 10.2 Å². The maximum absolute atomic E-state index is 9.65. The molecule has 0 atom stereocenters. The van der Waals surface area contributed by atoms with Crippen molar-refractivity contribution in [2.75, 3.05) is 0 Å². The maximum atomic E-state index is 9.65. The Morgan fingerprint density at radius 1 is 0.867 bits per heavy atom. The van der Waals surface area contributed by atoms with Gasteiger partial charge in [0.15, 0.2) is 0 Å². The molecule has 0 aliphatic rings. The molecule has 0 unspecified atom stereocenters. The largest absolute Gasteiger partial charge is 2.00 e. The molecule has 0 aliphatic carbocycles. The van der Waals surface area contributed by atoms with Gasteiger partial charge in [0.1, 0.15) is 0 Å². The van der Waals surface area contributed by atoms with Crippen molar-refractivity contribution < 1.29 is 39.3 Å². The normalized spacial score (nSPS) is 8.13. The fraction of sp³-hybridized carbons (Fsp3) is 0.800. The predicted molar refractivity (Wildman–Crippen MR) is 49.1 cm³/mol. The van der Waals surface area contributed by atoms with Gasteiger partial charge in [0, 0.05) is 11.9 Å². The Morgan fingerprint density at radius 3 is 1.20 bits per heavy atom. The average Bonchev–Trinajstić information content (AvgIpc) is 2.12. The fourth-order valence-corrected chi connectivity index (χ4v) is 0.642. The van der Waals surface area contributed by atoms with Gasteiger partial charge in [-0.1, -0.05) is 26.7 Å². The molecule has 0 radical (unpaired) electrons. The summed E-state index contributed by atoms with van der Waals surface area (Å²) in [6, 6.07) is 0. The number of aliphatic carboxylic acids is 2. The molecule has 0 saturated carbocycles. The molecule has 0 heterocycles. The first-order chi connectivity index (χ1) is 6.54. The van der Waals surface area contributed by atoms with E-state index in [1.807, 2.05) is 13.8 Å². The molecule has 0 aliphatic heterocycles. The smallest absolute Gasteiger partial charge is 0.550 e. The summed E-state index contributed by atoms with van der Waals surface area (Å²) in [5, 5.41) is 19.3. The number of rotatable bonds is 6. The molecule has 15 heavy (non-hydrogen) atoms. The molecule has 0 bridgehead atoms. The minimum atomic E-state index is -0.943. The number of hydrogen-bond acceptors (Lipinski definition) is 4. The first kappa shape index (κ1) is 20.0. The van der Waals surface area contributed by atoms with Crippen molar-refractivity contribution in [3.05, 3.63) is 0 Å². The summed E-state index contributed by atoms with van der Waals surface area (Å²) in [5.41, 5.74) is 0. The Labute approximate surface area is 104 Å². The zero-order chi connectivity index (χ0) is 11.4. The van der Waals surface area contributed by atoms with Crippen molar-refractivity contribution in [1.82, 2.24) is 0 Å². The van der Waals surface area contributed by atoms with E-state index in [2.05, 4.69) is 0 Å². The summed E-state index contributed by atoms with van der Waals surface area (Å²) in [6.07, 6.45) is 3.74. The molecule has 0 aromatic carbocycles. The Hall–Kier alpha value is -0.437. The van der Waals surface area contributed by atoms with Gasteiger partial charge >= 0.3 is 19.5 Å². The Balaban J connectivity index is -0.000000180. The van der Waals surface area contributed by atoms with E-state index in [-0.39, 0.29) is 32.3 Å². The van der Waals surface area contributed by atoms with Crippen LogP contribution in [0.2, 0.25) is 0 Å². The van der Waals surface area contributed by atoms with Crippen LogP contribution in [0, 0.1) is 0 Å². The third-order valence-corrected chi connectivity index (χ3v) is 1.47. The third kappa shape index (κ3) is 31.7. The topological polar surface area (TPSA) is 80.3 Å². The molecule has 84 valence electrons. The van der Waals surface area contributed by atoms with E-state index in [0.29, 0.717) is 0 Å². The zero-order valence-electron chi connectivity index (χ0n) is 9.58. The van der Waals surface area contributed by atoms with Crippen LogP contribution in [-0.2, 0) is 29.1 Å². The van der Waals surface area contributed by atoms with Crippen LogP contribution in [0.25, 0.3) is 0 Å².